The summed E-state index contributed by atoms with van der Waals surface area (Å²) in [5.41, 5.74) is 2.83. The van der Waals surface area contributed by atoms with Crippen molar-refractivity contribution >= 4 is 11.9 Å². The minimum absolute atomic E-state index is 0.00598. The van der Waals surface area contributed by atoms with Crippen LogP contribution in [0.15, 0.2) is 42.0 Å². The average molecular weight is 507 g/mol. The van der Waals surface area contributed by atoms with Gasteiger partial charge in [0.2, 0.25) is 0 Å². The van der Waals surface area contributed by atoms with Gasteiger partial charge >= 0.3 is 11.9 Å². The smallest absolute Gasteiger partial charge is 0.338 e. The highest BCUT2D eigenvalue weighted by Crippen LogP contribution is 2.67. The predicted molar refractivity (Wildman–Crippen MR) is 146 cm³/mol. The van der Waals surface area contributed by atoms with E-state index < -0.39 is 0 Å². The molecule has 0 radical (unpaired) electrons. The predicted octanol–water partition coefficient (Wildman–Crippen LogP) is 7.77. The van der Waals surface area contributed by atoms with Gasteiger partial charge in [0.25, 0.3) is 0 Å². The summed E-state index contributed by atoms with van der Waals surface area (Å²) < 4.78 is 11.2. The maximum Gasteiger partial charge on any atom is 0.338 e. The zero-order valence-corrected chi connectivity index (χ0v) is 23.3. The van der Waals surface area contributed by atoms with E-state index in [1.807, 2.05) is 37.3 Å². The number of hydrogen-bond acceptors (Lipinski definition) is 4. The Balaban J connectivity index is 1.25. The van der Waals surface area contributed by atoms with Gasteiger partial charge in [0.05, 0.1) is 12.2 Å². The van der Waals surface area contributed by atoms with E-state index in [9.17, 15) is 9.59 Å². The highest BCUT2D eigenvalue weighted by Gasteiger charge is 2.59. The molecule has 0 aromatic heterocycles. The molecular formula is C33H46O4. The maximum atomic E-state index is 12.7. The number of carbonyl (C=O) groups is 2. The Morgan fingerprint density at radius 1 is 1.03 bits per heavy atom. The van der Waals surface area contributed by atoms with Crippen molar-refractivity contribution in [2.24, 2.45) is 40.4 Å². The lowest BCUT2D eigenvalue weighted by atomic mass is 9.47. The Bertz CT molecular complexity index is 1010. The quantitative estimate of drug-likeness (QED) is 0.280. The van der Waals surface area contributed by atoms with Crippen LogP contribution in [-0.2, 0) is 14.3 Å². The second-order valence-corrected chi connectivity index (χ2v) is 12.9. The van der Waals surface area contributed by atoms with Crippen LogP contribution in [-0.4, -0.2) is 24.6 Å². The molecule has 0 saturated heterocycles. The van der Waals surface area contributed by atoms with E-state index in [4.69, 9.17) is 9.47 Å². The fraction of sp³-hybridized carbons (Fsp3) is 0.697. The van der Waals surface area contributed by atoms with Crippen molar-refractivity contribution in [3.63, 3.8) is 0 Å². The second-order valence-electron chi connectivity index (χ2n) is 12.9. The Morgan fingerprint density at radius 2 is 1.81 bits per heavy atom. The summed E-state index contributed by atoms with van der Waals surface area (Å²) >= 11 is 0. The van der Waals surface area contributed by atoms with E-state index >= 15 is 0 Å². The molecule has 1 aromatic carbocycles. The molecule has 1 aromatic rings. The average Bonchev–Trinajstić information content (AvgIpc) is 3.25. The third-order valence-electron chi connectivity index (χ3n) is 11.2. The van der Waals surface area contributed by atoms with Crippen LogP contribution in [0.1, 0.15) is 102 Å². The first-order valence-electron chi connectivity index (χ1n) is 14.9. The first kappa shape index (κ1) is 26.5. The minimum atomic E-state index is -0.189. The molecule has 3 fully saturated rings. The number of hydrogen-bond donors (Lipinski definition) is 0. The first-order chi connectivity index (χ1) is 17.8. The second kappa shape index (κ2) is 10.6. The van der Waals surface area contributed by atoms with Gasteiger partial charge in [0.1, 0.15) is 6.10 Å². The third-order valence-corrected chi connectivity index (χ3v) is 11.2. The number of benzene rings is 1. The number of rotatable bonds is 7. The summed E-state index contributed by atoms with van der Waals surface area (Å²) in [6.07, 6.45) is 13.5. The summed E-state index contributed by atoms with van der Waals surface area (Å²) in [7, 11) is 0. The zero-order valence-electron chi connectivity index (χ0n) is 23.3. The molecule has 4 aliphatic rings. The molecule has 0 aliphatic heterocycles. The summed E-state index contributed by atoms with van der Waals surface area (Å²) in [6, 6.07) is 9.39. The molecule has 1 unspecified atom stereocenters. The molecule has 3 saturated carbocycles. The largest absolute Gasteiger partial charge is 0.466 e. The van der Waals surface area contributed by atoms with Crippen LogP contribution >= 0.6 is 0 Å². The first-order valence-corrected chi connectivity index (χ1v) is 14.9. The number of carbonyl (C=O) groups excluding carboxylic acids is 2. The summed E-state index contributed by atoms with van der Waals surface area (Å²) in [4.78, 5) is 24.7. The lowest BCUT2D eigenvalue weighted by Crippen LogP contribution is -2.51. The fourth-order valence-electron chi connectivity index (χ4n) is 9.28. The van der Waals surface area contributed by atoms with E-state index in [1.165, 1.54) is 32.1 Å². The lowest BCUT2D eigenvalue weighted by Gasteiger charge is -2.58. The van der Waals surface area contributed by atoms with Crippen molar-refractivity contribution in [2.45, 2.75) is 98.0 Å². The molecule has 0 heterocycles. The highest BCUT2D eigenvalue weighted by molar-refractivity contribution is 5.89. The molecule has 0 amide bonds. The van der Waals surface area contributed by atoms with Crippen LogP contribution in [0, 0.1) is 40.4 Å². The van der Waals surface area contributed by atoms with Crippen LogP contribution in [0.25, 0.3) is 0 Å². The van der Waals surface area contributed by atoms with Crippen LogP contribution in [0.3, 0.4) is 0 Å². The third kappa shape index (κ3) is 4.90. The van der Waals surface area contributed by atoms with E-state index in [1.54, 1.807) is 5.57 Å². The molecule has 4 nitrogen and oxygen atoms in total. The highest BCUT2D eigenvalue weighted by atomic mass is 16.5. The van der Waals surface area contributed by atoms with Crippen LogP contribution in [0.2, 0.25) is 0 Å². The molecule has 4 heteroatoms. The topological polar surface area (TPSA) is 52.6 Å². The van der Waals surface area contributed by atoms with E-state index in [0.717, 1.165) is 43.4 Å². The van der Waals surface area contributed by atoms with Gasteiger partial charge < -0.3 is 9.47 Å². The number of fused-ring (bicyclic) bond motifs is 5. The van der Waals surface area contributed by atoms with Crippen molar-refractivity contribution in [1.82, 2.24) is 0 Å². The van der Waals surface area contributed by atoms with Crippen molar-refractivity contribution in [1.29, 1.82) is 0 Å². The Morgan fingerprint density at radius 3 is 2.57 bits per heavy atom. The van der Waals surface area contributed by atoms with Crippen molar-refractivity contribution in [3.05, 3.63) is 47.5 Å². The van der Waals surface area contributed by atoms with E-state index in [0.29, 0.717) is 35.8 Å². The van der Waals surface area contributed by atoms with Gasteiger partial charge in [0, 0.05) is 12.8 Å². The molecule has 0 N–H and O–H groups in total. The number of allylic oxidation sites excluding steroid dienone is 1. The van der Waals surface area contributed by atoms with Crippen LogP contribution in [0.4, 0.5) is 0 Å². The van der Waals surface area contributed by atoms with Gasteiger partial charge in [-0.25, -0.2) is 4.79 Å². The lowest BCUT2D eigenvalue weighted by molar-refractivity contribution is -0.143. The molecule has 0 bridgehead atoms. The van der Waals surface area contributed by atoms with Crippen molar-refractivity contribution in [2.75, 3.05) is 6.61 Å². The maximum absolute atomic E-state index is 12.7. The Hall–Kier alpha value is -2.10. The van der Waals surface area contributed by atoms with Gasteiger partial charge in [-0.3, -0.25) is 4.79 Å². The molecule has 37 heavy (non-hydrogen) atoms. The molecule has 202 valence electrons. The normalized spacial score (nSPS) is 37.4. The monoisotopic (exact) mass is 506 g/mol. The number of ether oxygens (including phenoxy) is 2. The van der Waals surface area contributed by atoms with Gasteiger partial charge in [-0.1, -0.05) is 50.6 Å². The molecule has 4 aliphatic carbocycles. The molecule has 5 rings (SSSR count). The van der Waals surface area contributed by atoms with Gasteiger partial charge in [0.15, 0.2) is 0 Å². The standard InChI is InChI=1S/C33H46O4/c1-5-36-30(34)16-11-22(2)27-14-15-28-26-13-12-24-21-25(37-31(35)23-9-7-6-8-10-23)17-19-32(24,3)29(26)18-20-33(27,28)4/h6-10,12,22,25-29H,5,11,13-21H2,1-4H3/t22?,25-,26+,27-,28+,29+,32+,33-/m1/s1. The summed E-state index contributed by atoms with van der Waals surface area (Å²) in [5, 5.41) is 0. The van der Waals surface area contributed by atoms with Gasteiger partial charge in [-0.15, -0.1) is 0 Å². The molecule has 8 atom stereocenters. The van der Waals surface area contributed by atoms with Crippen LogP contribution in [0.5, 0.6) is 0 Å². The van der Waals surface area contributed by atoms with Crippen molar-refractivity contribution in [3.8, 4) is 0 Å². The van der Waals surface area contributed by atoms with Gasteiger partial charge in [-0.2, -0.15) is 0 Å². The summed E-state index contributed by atoms with van der Waals surface area (Å²) in [6.45, 7) is 9.83. The molecule has 0 spiro atoms. The Labute approximate surface area is 223 Å². The summed E-state index contributed by atoms with van der Waals surface area (Å²) in [5.74, 6) is 3.33. The van der Waals surface area contributed by atoms with Crippen molar-refractivity contribution < 1.29 is 19.1 Å². The SMILES string of the molecule is CCOC(=O)CCC(C)[C@H]1CC[C@H]2[C@@H]3CC=C4C[C@H](OC(=O)c5ccccc5)CC[C@]4(C)[C@H]3CC[C@]12C. The minimum Gasteiger partial charge on any atom is -0.466 e. The fourth-order valence-corrected chi connectivity index (χ4v) is 9.28. The number of esters is 2. The Kier molecular flexibility index (Phi) is 7.58. The zero-order chi connectivity index (χ0) is 26.2. The molecular weight excluding hydrogens is 460 g/mol. The van der Waals surface area contributed by atoms with Gasteiger partial charge in [-0.05, 0) is 111 Å². The van der Waals surface area contributed by atoms with Crippen LogP contribution < -0.4 is 0 Å². The van der Waals surface area contributed by atoms with E-state index in [-0.39, 0.29) is 23.5 Å². The van der Waals surface area contributed by atoms with E-state index in [2.05, 4.69) is 26.8 Å².